The Balaban J connectivity index is 1.73. The highest BCUT2D eigenvalue weighted by atomic mass is 16.7. The Bertz CT molecular complexity index is 1000. The molecule has 0 aliphatic carbocycles. The molecule has 174 valence electrons. The van der Waals surface area contributed by atoms with E-state index < -0.39 is 5.60 Å². The first-order chi connectivity index (χ1) is 15.7. The molecule has 0 radical (unpaired) electrons. The zero-order valence-electron chi connectivity index (χ0n) is 19.6. The Morgan fingerprint density at radius 2 is 1.76 bits per heavy atom. The molecule has 1 aliphatic rings. The summed E-state index contributed by atoms with van der Waals surface area (Å²) in [5.41, 5.74) is 0.460. The first kappa shape index (κ1) is 24.4. The van der Waals surface area contributed by atoms with Gasteiger partial charge in [-0.3, -0.25) is 4.84 Å². The molecule has 0 aromatic heterocycles. The van der Waals surface area contributed by atoms with Crippen LogP contribution in [0.3, 0.4) is 0 Å². The summed E-state index contributed by atoms with van der Waals surface area (Å²) >= 11 is 0. The summed E-state index contributed by atoms with van der Waals surface area (Å²) in [4.78, 5) is 33.3. The molecule has 1 heterocycles. The fourth-order valence-electron chi connectivity index (χ4n) is 3.96. The number of benzene rings is 2. The van der Waals surface area contributed by atoms with E-state index >= 15 is 0 Å². The van der Waals surface area contributed by atoms with Crippen molar-refractivity contribution in [3.63, 3.8) is 0 Å². The van der Waals surface area contributed by atoms with E-state index in [9.17, 15) is 9.59 Å². The monoisotopic (exact) mass is 450 g/mol. The topological polar surface area (TPSA) is 79.6 Å². The van der Waals surface area contributed by atoms with Gasteiger partial charge in [-0.1, -0.05) is 24.3 Å². The van der Waals surface area contributed by atoms with E-state index in [2.05, 4.69) is 6.07 Å². The molecule has 0 spiro atoms. The first-order valence-electron chi connectivity index (χ1n) is 11.4. The summed E-state index contributed by atoms with van der Waals surface area (Å²) in [5, 5.41) is 10.4. The van der Waals surface area contributed by atoms with Crippen LogP contribution in [-0.2, 0) is 4.84 Å². The van der Waals surface area contributed by atoms with E-state index in [-0.39, 0.29) is 23.0 Å². The van der Waals surface area contributed by atoms with Crippen LogP contribution in [0, 0.1) is 11.3 Å². The second-order valence-electron chi connectivity index (χ2n) is 9.22. The Kier molecular flexibility index (Phi) is 7.85. The van der Waals surface area contributed by atoms with Crippen molar-refractivity contribution in [2.24, 2.45) is 0 Å². The molecule has 0 unspecified atom stereocenters. The average molecular weight is 451 g/mol. The number of rotatable bonds is 7. The van der Waals surface area contributed by atoms with Gasteiger partial charge in [0, 0.05) is 19.3 Å². The molecular weight excluding hydrogens is 418 g/mol. The van der Waals surface area contributed by atoms with Gasteiger partial charge in [-0.2, -0.15) is 14.8 Å². The van der Waals surface area contributed by atoms with Crippen molar-refractivity contribution in [3.8, 4) is 11.8 Å². The van der Waals surface area contributed by atoms with Crippen molar-refractivity contribution in [1.29, 1.82) is 5.26 Å². The lowest BCUT2D eigenvalue weighted by atomic mass is 10.2. The second-order valence-corrected chi connectivity index (χ2v) is 9.22. The SMILES string of the molecule is CC(C)(C)ON(CCCOc1cccc(C#N)c1)C(=O)[N+]1(C(=O)c2ccccc2)CCCC1. The van der Waals surface area contributed by atoms with Crippen molar-refractivity contribution in [2.45, 2.75) is 45.6 Å². The zero-order chi connectivity index (χ0) is 23.9. The third kappa shape index (κ3) is 6.19. The molecule has 0 saturated carbocycles. The van der Waals surface area contributed by atoms with Crippen molar-refractivity contribution < 1.29 is 23.6 Å². The first-order valence-corrected chi connectivity index (χ1v) is 11.4. The second kappa shape index (κ2) is 10.6. The molecule has 2 aromatic rings. The Morgan fingerprint density at radius 3 is 2.39 bits per heavy atom. The van der Waals surface area contributed by atoms with E-state index in [1.807, 2.05) is 39.0 Å². The molecule has 3 rings (SSSR count). The van der Waals surface area contributed by atoms with Crippen LogP contribution >= 0.6 is 0 Å². The summed E-state index contributed by atoms with van der Waals surface area (Å²) in [7, 11) is 0. The minimum atomic E-state index is -0.600. The number of nitriles is 1. The standard InChI is InChI=1S/C26H32N3O4/c1-26(2,3)33-28(15-10-18-32-23-14-9-11-21(19-23)20-27)25(31)29(16-7-8-17-29)24(30)22-12-5-4-6-13-22/h4-6,9,11-14,19H,7-8,10,15-18H2,1-3H3/q+1. The summed E-state index contributed by atoms with van der Waals surface area (Å²) < 4.78 is 5.50. The maximum absolute atomic E-state index is 13.8. The molecule has 3 amide bonds. The lowest BCUT2D eigenvalue weighted by Gasteiger charge is -2.35. The quantitative estimate of drug-likeness (QED) is 0.339. The van der Waals surface area contributed by atoms with Crippen molar-refractivity contribution in [1.82, 2.24) is 5.06 Å². The number of amides is 3. The smallest absolute Gasteiger partial charge is 0.450 e. The van der Waals surface area contributed by atoms with Gasteiger partial charge in [0.1, 0.15) is 5.75 Å². The highest BCUT2D eigenvalue weighted by Gasteiger charge is 2.51. The number of carbonyl (C=O) groups is 2. The molecule has 1 fully saturated rings. The number of hydroxylamine groups is 2. The van der Waals surface area contributed by atoms with Crippen molar-refractivity contribution in [2.75, 3.05) is 26.2 Å². The van der Waals surface area contributed by atoms with Gasteiger partial charge in [0.15, 0.2) is 0 Å². The van der Waals surface area contributed by atoms with E-state index in [1.165, 1.54) is 5.06 Å². The number of imide groups is 1. The third-order valence-corrected chi connectivity index (χ3v) is 5.44. The minimum Gasteiger partial charge on any atom is -0.493 e. The van der Waals surface area contributed by atoms with E-state index in [4.69, 9.17) is 14.8 Å². The summed E-state index contributed by atoms with van der Waals surface area (Å²) in [6.45, 7) is 7.20. The largest absolute Gasteiger partial charge is 0.493 e. The van der Waals surface area contributed by atoms with E-state index in [0.717, 1.165) is 12.8 Å². The van der Waals surface area contributed by atoms with Gasteiger partial charge in [-0.25, -0.2) is 9.59 Å². The number of hydrogen-bond acceptors (Lipinski definition) is 5. The third-order valence-electron chi connectivity index (χ3n) is 5.44. The number of urea groups is 1. The predicted octanol–water partition coefficient (Wildman–Crippen LogP) is 4.93. The summed E-state index contributed by atoms with van der Waals surface area (Å²) in [6, 6.07) is 17.7. The number of likely N-dealkylation sites (tertiary alicyclic amines) is 1. The molecule has 1 saturated heterocycles. The number of nitrogens with zero attached hydrogens (tertiary/aromatic N) is 3. The summed E-state index contributed by atoms with van der Waals surface area (Å²) in [5.74, 6) is 0.413. The molecule has 0 atom stereocenters. The fraction of sp³-hybridized carbons (Fsp3) is 0.423. The normalized spacial score (nSPS) is 15.0. The Labute approximate surface area is 195 Å². The maximum Gasteiger partial charge on any atom is 0.450 e. The number of ether oxygens (including phenoxy) is 1. The molecule has 0 N–H and O–H groups in total. The van der Waals surface area contributed by atoms with Crippen LogP contribution in [0.25, 0.3) is 0 Å². The van der Waals surface area contributed by atoms with Crippen LogP contribution in [0.2, 0.25) is 0 Å². The van der Waals surface area contributed by atoms with Crippen LogP contribution in [0.5, 0.6) is 5.75 Å². The Morgan fingerprint density at radius 1 is 1.06 bits per heavy atom. The van der Waals surface area contributed by atoms with Crippen LogP contribution in [0.15, 0.2) is 54.6 Å². The highest BCUT2D eigenvalue weighted by Crippen LogP contribution is 2.28. The van der Waals surface area contributed by atoms with Gasteiger partial charge in [-0.05, 0) is 51.1 Å². The van der Waals surface area contributed by atoms with Gasteiger partial charge in [0.05, 0.1) is 49.0 Å². The van der Waals surface area contributed by atoms with Crippen LogP contribution in [0.4, 0.5) is 4.79 Å². The predicted molar refractivity (Wildman–Crippen MR) is 124 cm³/mol. The van der Waals surface area contributed by atoms with E-state index in [1.54, 1.807) is 36.4 Å². The van der Waals surface area contributed by atoms with Gasteiger partial charge in [-0.15, -0.1) is 0 Å². The van der Waals surface area contributed by atoms with E-state index in [0.29, 0.717) is 43.0 Å². The average Bonchev–Trinajstić information content (AvgIpc) is 3.31. The van der Waals surface area contributed by atoms with Crippen molar-refractivity contribution >= 4 is 11.9 Å². The number of carbonyl (C=O) groups excluding carboxylic acids is 2. The Hall–Kier alpha value is -3.21. The van der Waals surface area contributed by atoms with Crippen LogP contribution in [-0.4, -0.2) is 53.3 Å². The van der Waals surface area contributed by atoms with Gasteiger partial charge < -0.3 is 4.74 Å². The maximum atomic E-state index is 13.8. The lowest BCUT2D eigenvalue weighted by Crippen LogP contribution is -2.61. The molecule has 1 aliphatic heterocycles. The highest BCUT2D eigenvalue weighted by molar-refractivity contribution is 5.95. The summed E-state index contributed by atoms with van der Waals surface area (Å²) in [6.07, 6.45) is 2.14. The fourth-order valence-corrected chi connectivity index (χ4v) is 3.96. The molecule has 2 aromatic carbocycles. The lowest BCUT2D eigenvalue weighted by molar-refractivity contribution is -0.761. The molecular formula is C26H32N3O4+. The minimum absolute atomic E-state index is 0.190. The van der Waals surface area contributed by atoms with Crippen LogP contribution in [0.1, 0.15) is 56.0 Å². The van der Waals surface area contributed by atoms with Crippen LogP contribution < -0.4 is 4.74 Å². The number of quaternary nitrogens is 1. The van der Waals surface area contributed by atoms with Gasteiger partial charge in [0.2, 0.25) is 0 Å². The van der Waals surface area contributed by atoms with Gasteiger partial charge in [0.25, 0.3) is 0 Å². The molecule has 7 heteroatoms. The van der Waals surface area contributed by atoms with Gasteiger partial charge >= 0.3 is 11.9 Å². The number of hydrogen-bond donors (Lipinski definition) is 0. The molecule has 7 nitrogen and oxygen atoms in total. The zero-order valence-corrected chi connectivity index (χ0v) is 19.6. The van der Waals surface area contributed by atoms with Crippen molar-refractivity contribution in [3.05, 3.63) is 65.7 Å². The molecule has 33 heavy (non-hydrogen) atoms. The molecule has 0 bridgehead atoms.